The third-order valence-electron chi connectivity index (χ3n) is 8.64. The van der Waals surface area contributed by atoms with E-state index in [1.165, 1.54) is 6.42 Å². The highest BCUT2D eigenvalue weighted by Gasteiger charge is 2.62. The maximum absolute atomic E-state index is 12.3. The summed E-state index contributed by atoms with van der Waals surface area (Å²) in [5, 5.41) is 10.5. The van der Waals surface area contributed by atoms with Gasteiger partial charge in [-0.1, -0.05) is 13.8 Å². The van der Waals surface area contributed by atoms with Crippen molar-refractivity contribution in [3.05, 3.63) is 0 Å². The van der Waals surface area contributed by atoms with Gasteiger partial charge in [0.25, 0.3) is 0 Å². The quantitative estimate of drug-likeness (QED) is 0.597. The molecule has 0 aromatic rings. The Hall–Kier alpha value is -0.450. The summed E-state index contributed by atoms with van der Waals surface area (Å²) >= 11 is 0. The van der Waals surface area contributed by atoms with Crippen LogP contribution in [0.5, 0.6) is 0 Å². The molecule has 7 atom stereocenters. The lowest BCUT2D eigenvalue weighted by molar-refractivity contribution is -0.152. The molecule has 4 aliphatic carbocycles. The van der Waals surface area contributed by atoms with E-state index in [2.05, 4.69) is 13.8 Å². The summed E-state index contributed by atoms with van der Waals surface area (Å²) < 4.78 is 0. The number of aliphatic hydroxyl groups excluding tert-OH is 1. The molecule has 4 heteroatoms. The van der Waals surface area contributed by atoms with E-state index in [9.17, 15) is 9.90 Å². The fourth-order valence-corrected chi connectivity index (χ4v) is 7.26. The van der Waals surface area contributed by atoms with Crippen LogP contribution < -0.4 is 11.5 Å². The average molecular weight is 320 g/mol. The van der Waals surface area contributed by atoms with Crippen LogP contribution in [0, 0.1) is 34.5 Å². The van der Waals surface area contributed by atoms with Gasteiger partial charge in [0.05, 0.1) is 6.10 Å². The lowest BCUT2D eigenvalue weighted by Gasteiger charge is -2.61. The summed E-state index contributed by atoms with van der Waals surface area (Å²) in [6, 6.07) is 0. The fourth-order valence-electron chi connectivity index (χ4n) is 7.26. The number of ketones is 1. The summed E-state index contributed by atoms with van der Waals surface area (Å²) in [6.07, 6.45) is 7.80. The number of rotatable bonds is 0. The molecule has 0 radical (unpaired) electrons. The zero-order chi connectivity index (χ0) is 16.6. The summed E-state index contributed by atoms with van der Waals surface area (Å²) in [5.74, 6) is 2.43. The monoisotopic (exact) mass is 320 g/mol. The lowest BCUT2D eigenvalue weighted by atomic mass is 9.44. The minimum atomic E-state index is -1.14. The molecule has 0 heterocycles. The van der Waals surface area contributed by atoms with Crippen LogP contribution in [0.1, 0.15) is 65.2 Å². The minimum Gasteiger partial charge on any atom is -0.393 e. The smallest absolute Gasteiger partial charge is 0.167 e. The highest BCUT2D eigenvalue weighted by atomic mass is 16.3. The van der Waals surface area contributed by atoms with Gasteiger partial charge in [0.15, 0.2) is 5.78 Å². The molecular weight excluding hydrogens is 288 g/mol. The number of carbonyl (C=O) groups is 1. The van der Waals surface area contributed by atoms with Crippen molar-refractivity contribution in [2.24, 2.45) is 46.0 Å². The van der Waals surface area contributed by atoms with E-state index in [0.717, 1.165) is 32.1 Å². The molecule has 4 saturated carbocycles. The molecule has 0 spiro atoms. The van der Waals surface area contributed by atoms with Crippen molar-refractivity contribution >= 4 is 5.78 Å². The van der Waals surface area contributed by atoms with Crippen LogP contribution in [0.3, 0.4) is 0 Å². The molecule has 0 bridgehead atoms. The van der Waals surface area contributed by atoms with Crippen molar-refractivity contribution in [3.63, 3.8) is 0 Å². The Kier molecular flexibility index (Phi) is 3.35. The Morgan fingerprint density at radius 3 is 2.43 bits per heavy atom. The van der Waals surface area contributed by atoms with E-state index >= 15 is 0 Å². The first-order valence-electron chi connectivity index (χ1n) is 9.47. The number of hydrogen-bond acceptors (Lipinski definition) is 4. The summed E-state index contributed by atoms with van der Waals surface area (Å²) in [4.78, 5) is 12.3. The molecule has 130 valence electrons. The van der Waals surface area contributed by atoms with Gasteiger partial charge in [-0.15, -0.1) is 0 Å². The predicted molar refractivity (Wildman–Crippen MR) is 89.2 cm³/mol. The second kappa shape index (κ2) is 4.80. The minimum absolute atomic E-state index is 0.0513. The third kappa shape index (κ3) is 2.04. The summed E-state index contributed by atoms with van der Waals surface area (Å²) in [5.41, 5.74) is 11.4. The predicted octanol–water partition coefficient (Wildman–Crippen LogP) is 2.18. The molecule has 23 heavy (non-hydrogen) atoms. The molecule has 0 saturated heterocycles. The van der Waals surface area contributed by atoms with Crippen LogP contribution in [-0.4, -0.2) is 22.7 Å². The molecule has 4 nitrogen and oxygen atoms in total. The van der Waals surface area contributed by atoms with E-state index in [0.29, 0.717) is 36.5 Å². The normalized spacial score (nSPS) is 55.0. The van der Waals surface area contributed by atoms with Crippen molar-refractivity contribution in [2.45, 2.75) is 77.0 Å². The van der Waals surface area contributed by atoms with E-state index in [1.807, 2.05) is 0 Å². The maximum atomic E-state index is 12.3. The molecule has 4 aliphatic rings. The van der Waals surface area contributed by atoms with Gasteiger partial charge in [-0.25, -0.2) is 0 Å². The van der Waals surface area contributed by atoms with Gasteiger partial charge in [-0.3, -0.25) is 4.79 Å². The van der Waals surface area contributed by atoms with Crippen LogP contribution in [0.15, 0.2) is 0 Å². The van der Waals surface area contributed by atoms with E-state index < -0.39 is 5.66 Å². The Labute approximate surface area is 139 Å². The fraction of sp³-hybridized carbons (Fsp3) is 0.947. The molecule has 4 fully saturated rings. The van der Waals surface area contributed by atoms with Crippen LogP contribution in [0.4, 0.5) is 0 Å². The second-order valence-corrected chi connectivity index (χ2v) is 9.64. The van der Waals surface area contributed by atoms with E-state index in [1.54, 1.807) is 0 Å². The van der Waals surface area contributed by atoms with Crippen LogP contribution in [0.2, 0.25) is 0 Å². The van der Waals surface area contributed by atoms with Gasteiger partial charge in [-0.05, 0) is 79.4 Å². The molecule has 1 unspecified atom stereocenters. The molecule has 0 amide bonds. The Balaban J connectivity index is 1.66. The summed E-state index contributed by atoms with van der Waals surface area (Å²) in [7, 11) is 0. The van der Waals surface area contributed by atoms with Gasteiger partial charge >= 0.3 is 0 Å². The number of aliphatic hydroxyl groups is 1. The summed E-state index contributed by atoms with van der Waals surface area (Å²) in [6.45, 7) is 4.66. The highest BCUT2D eigenvalue weighted by molar-refractivity contribution is 5.88. The van der Waals surface area contributed by atoms with Crippen LogP contribution in [-0.2, 0) is 4.79 Å². The molecule has 5 N–H and O–H groups in total. The van der Waals surface area contributed by atoms with E-state index in [-0.39, 0.29) is 22.7 Å². The zero-order valence-electron chi connectivity index (χ0n) is 14.6. The molecule has 4 rings (SSSR count). The zero-order valence-corrected chi connectivity index (χ0v) is 14.6. The number of Topliss-reactive ketones (excluding diaryl/α,β-unsaturated/α-hetero) is 1. The number of nitrogens with two attached hydrogens (primary N) is 2. The molecule has 0 aromatic carbocycles. The SMILES string of the molecule is C[C@]12CC[C@H]3[C@@H](CCC4CC(=O)C(N)(N)C[C@@]43C)[C@@H]1CC[C@@H]2O. The van der Waals surface area contributed by atoms with E-state index in [4.69, 9.17) is 11.5 Å². The van der Waals surface area contributed by atoms with Crippen molar-refractivity contribution in [3.8, 4) is 0 Å². The van der Waals surface area contributed by atoms with Crippen molar-refractivity contribution in [2.75, 3.05) is 0 Å². The Bertz CT molecular complexity index is 533. The maximum Gasteiger partial charge on any atom is 0.167 e. The number of fused-ring (bicyclic) bond motifs is 5. The van der Waals surface area contributed by atoms with Crippen LogP contribution >= 0.6 is 0 Å². The molecule has 0 aromatic heterocycles. The van der Waals surface area contributed by atoms with Gasteiger partial charge in [0.2, 0.25) is 0 Å². The first-order valence-corrected chi connectivity index (χ1v) is 9.47. The Morgan fingerprint density at radius 1 is 1.00 bits per heavy atom. The van der Waals surface area contributed by atoms with Gasteiger partial charge in [0, 0.05) is 6.42 Å². The van der Waals surface area contributed by atoms with Gasteiger partial charge in [0.1, 0.15) is 5.66 Å². The van der Waals surface area contributed by atoms with Crippen LogP contribution in [0.25, 0.3) is 0 Å². The standard InChI is InChI=1S/C19H32N2O2/c1-17-8-7-14-12(13(17)5-6-15(17)22)4-3-11-9-16(23)19(20,21)10-18(11,14)2/h11-15,22H,3-10,20-21H2,1-2H3/t11?,12-,13-,14-,15-,17-,18-/m0/s1. The molecular formula is C19H32N2O2. The number of carbonyl (C=O) groups excluding carboxylic acids is 1. The second-order valence-electron chi connectivity index (χ2n) is 9.64. The third-order valence-corrected chi connectivity index (χ3v) is 8.64. The number of hydrogen-bond donors (Lipinski definition) is 3. The van der Waals surface area contributed by atoms with Gasteiger partial charge in [-0.2, -0.15) is 0 Å². The van der Waals surface area contributed by atoms with Crippen molar-refractivity contribution < 1.29 is 9.90 Å². The highest BCUT2D eigenvalue weighted by Crippen LogP contribution is 2.66. The van der Waals surface area contributed by atoms with Crippen molar-refractivity contribution in [1.29, 1.82) is 0 Å². The first-order chi connectivity index (χ1) is 10.7. The molecule has 0 aliphatic heterocycles. The Morgan fingerprint density at radius 2 is 1.70 bits per heavy atom. The van der Waals surface area contributed by atoms with Crippen molar-refractivity contribution in [1.82, 2.24) is 0 Å². The average Bonchev–Trinajstić information content (AvgIpc) is 2.76. The largest absolute Gasteiger partial charge is 0.393 e. The lowest BCUT2D eigenvalue weighted by Crippen LogP contribution is -2.66. The van der Waals surface area contributed by atoms with Gasteiger partial charge < -0.3 is 16.6 Å². The topological polar surface area (TPSA) is 89.3 Å². The first kappa shape index (κ1) is 16.0.